The number of thiazole rings is 1. The lowest BCUT2D eigenvalue weighted by Gasteiger charge is -2.01. The number of carbonyl (C=O) groups excluding carboxylic acids is 1. The largest absolute Gasteiger partial charge is 0.351 e. The van der Waals surface area contributed by atoms with Crippen LogP contribution in [0.25, 0.3) is 0 Å². The second-order valence-corrected chi connectivity index (χ2v) is 5.07. The summed E-state index contributed by atoms with van der Waals surface area (Å²) in [5.41, 5.74) is 5.87. The summed E-state index contributed by atoms with van der Waals surface area (Å²) in [5, 5.41) is 5.63. The van der Waals surface area contributed by atoms with Crippen LogP contribution in [-0.4, -0.2) is 24.0 Å². The molecule has 1 rings (SSSR count). The van der Waals surface area contributed by atoms with E-state index >= 15 is 0 Å². The van der Waals surface area contributed by atoms with Gasteiger partial charge >= 0.3 is 0 Å². The lowest BCUT2D eigenvalue weighted by atomic mass is 10.1. The van der Waals surface area contributed by atoms with Crippen LogP contribution in [0.2, 0.25) is 0 Å². The van der Waals surface area contributed by atoms with Crippen molar-refractivity contribution in [3.63, 3.8) is 0 Å². The van der Waals surface area contributed by atoms with Crippen LogP contribution >= 0.6 is 11.3 Å². The zero-order valence-electron chi connectivity index (χ0n) is 9.82. The highest BCUT2D eigenvalue weighted by Crippen LogP contribution is 2.14. The van der Waals surface area contributed by atoms with E-state index in [1.165, 1.54) is 0 Å². The minimum Gasteiger partial charge on any atom is -0.351 e. The van der Waals surface area contributed by atoms with Gasteiger partial charge in [-0.15, -0.1) is 11.3 Å². The molecule has 0 aliphatic heterocycles. The van der Waals surface area contributed by atoms with Crippen LogP contribution in [-0.2, 0) is 6.42 Å². The van der Waals surface area contributed by atoms with E-state index in [2.05, 4.69) is 24.1 Å². The van der Waals surface area contributed by atoms with Gasteiger partial charge in [-0.3, -0.25) is 4.79 Å². The van der Waals surface area contributed by atoms with Gasteiger partial charge in [0.05, 0.1) is 5.01 Å². The van der Waals surface area contributed by atoms with Gasteiger partial charge in [-0.25, -0.2) is 4.98 Å². The molecule has 1 amide bonds. The van der Waals surface area contributed by atoms with Crippen LogP contribution in [0, 0.1) is 5.92 Å². The number of hydrogen-bond donors (Lipinski definition) is 2. The van der Waals surface area contributed by atoms with Crippen molar-refractivity contribution in [3.05, 3.63) is 16.1 Å². The van der Waals surface area contributed by atoms with Crippen LogP contribution in [0.4, 0.5) is 0 Å². The number of nitrogens with zero attached hydrogens (tertiary/aromatic N) is 1. The Labute approximate surface area is 100 Å². The fourth-order valence-corrected chi connectivity index (χ4v) is 2.24. The first-order valence-electron chi connectivity index (χ1n) is 5.56. The Morgan fingerprint density at radius 1 is 1.62 bits per heavy atom. The lowest BCUT2D eigenvalue weighted by molar-refractivity contribution is 0.0949. The van der Waals surface area contributed by atoms with Crippen molar-refractivity contribution in [1.29, 1.82) is 0 Å². The van der Waals surface area contributed by atoms with E-state index in [4.69, 9.17) is 5.73 Å². The third-order valence-corrected chi connectivity index (χ3v) is 2.90. The Bertz CT molecular complexity index is 336. The molecule has 0 aliphatic carbocycles. The molecular weight excluding hydrogens is 222 g/mol. The molecule has 1 aromatic rings. The summed E-state index contributed by atoms with van der Waals surface area (Å²) in [4.78, 5) is 15.9. The molecule has 4 nitrogen and oxygen atoms in total. The van der Waals surface area contributed by atoms with Crippen LogP contribution in [0.15, 0.2) is 5.38 Å². The number of hydrogen-bond acceptors (Lipinski definition) is 4. The van der Waals surface area contributed by atoms with Gasteiger partial charge in [-0.1, -0.05) is 13.8 Å². The third-order valence-electron chi connectivity index (χ3n) is 2.03. The summed E-state index contributed by atoms with van der Waals surface area (Å²) >= 11 is 1.55. The molecule has 0 aromatic carbocycles. The highest BCUT2D eigenvalue weighted by atomic mass is 32.1. The molecule has 0 saturated heterocycles. The van der Waals surface area contributed by atoms with Crippen molar-refractivity contribution in [3.8, 4) is 0 Å². The van der Waals surface area contributed by atoms with Crippen molar-refractivity contribution in [2.24, 2.45) is 11.7 Å². The van der Waals surface area contributed by atoms with Gasteiger partial charge in [0.1, 0.15) is 5.69 Å². The standard InChI is InChI=1S/C11H19N3OS/c1-8(2)6-10-14-9(7-16-10)11(15)13-5-3-4-12/h7-8H,3-6,12H2,1-2H3,(H,13,15). The minimum atomic E-state index is -0.0975. The fourth-order valence-electron chi connectivity index (χ4n) is 1.25. The van der Waals surface area contributed by atoms with E-state index in [-0.39, 0.29) is 5.91 Å². The SMILES string of the molecule is CC(C)Cc1nc(C(=O)NCCCN)cs1. The normalized spacial score (nSPS) is 10.8. The van der Waals surface area contributed by atoms with Gasteiger partial charge in [0.25, 0.3) is 5.91 Å². The second-order valence-electron chi connectivity index (χ2n) is 4.12. The molecule has 0 atom stereocenters. The smallest absolute Gasteiger partial charge is 0.270 e. The van der Waals surface area contributed by atoms with Crippen molar-refractivity contribution in [2.45, 2.75) is 26.7 Å². The second kappa shape index (κ2) is 6.60. The predicted molar refractivity (Wildman–Crippen MR) is 66.7 cm³/mol. The number of carbonyl (C=O) groups is 1. The summed E-state index contributed by atoms with van der Waals surface area (Å²) < 4.78 is 0. The first-order chi connectivity index (χ1) is 7.63. The number of nitrogens with one attached hydrogen (secondary N) is 1. The Balaban J connectivity index is 2.46. The quantitative estimate of drug-likeness (QED) is 0.740. The van der Waals surface area contributed by atoms with Crippen molar-refractivity contribution in [2.75, 3.05) is 13.1 Å². The molecule has 0 bridgehead atoms. The molecule has 1 heterocycles. The van der Waals surface area contributed by atoms with E-state index < -0.39 is 0 Å². The van der Waals surface area contributed by atoms with E-state index in [1.807, 2.05) is 5.38 Å². The Morgan fingerprint density at radius 3 is 3.00 bits per heavy atom. The molecule has 16 heavy (non-hydrogen) atoms. The van der Waals surface area contributed by atoms with Gasteiger partial charge in [0, 0.05) is 18.3 Å². The third kappa shape index (κ3) is 4.28. The van der Waals surface area contributed by atoms with E-state index in [1.54, 1.807) is 11.3 Å². The van der Waals surface area contributed by atoms with E-state index in [9.17, 15) is 4.79 Å². The highest BCUT2D eigenvalue weighted by Gasteiger charge is 2.10. The lowest BCUT2D eigenvalue weighted by Crippen LogP contribution is -2.26. The number of nitrogens with two attached hydrogens (primary N) is 1. The zero-order valence-corrected chi connectivity index (χ0v) is 10.6. The zero-order chi connectivity index (χ0) is 12.0. The topological polar surface area (TPSA) is 68.0 Å². The van der Waals surface area contributed by atoms with Crippen molar-refractivity contribution in [1.82, 2.24) is 10.3 Å². The molecule has 5 heteroatoms. The van der Waals surface area contributed by atoms with Crippen LogP contribution in [0.1, 0.15) is 35.8 Å². The average molecular weight is 241 g/mol. The average Bonchev–Trinajstić information content (AvgIpc) is 2.65. The Morgan fingerprint density at radius 2 is 2.38 bits per heavy atom. The summed E-state index contributed by atoms with van der Waals surface area (Å²) in [6.07, 6.45) is 1.73. The summed E-state index contributed by atoms with van der Waals surface area (Å²) in [7, 11) is 0. The van der Waals surface area contributed by atoms with Crippen molar-refractivity contribution >= 4 is 17.2 Å². The van der Waals surface area contributed by atoms with Gasteiger partial charge in [-0.05, 0) is 18.9 Å². The summed E-state index contributed by atoms with van der Waals surface area (Å²) in [6.45, 7) is 5.49. The minimum absolute atomic E-state index is 0.0975. The maximum Gasteiger partial charge on any atom is 0.270 e. The highest BCUT2D eigenvalue weighted by molar-refractivity contribution is 7.09. The van der Waals surface area contributed by atoms with E-state index in [0.717, 1.165) is 17.8 Å². The molecule has 0 fully saturated rings. The number of rotatable bonds is 6. The maximum absolute atomic E-state index is 11.6. The summed E-state index contributed by atoms with van der Waals surface area (Å²) in [6, 6.07) is 0. The number of aromatic nitrogens is 1. The van der Waals surface area contributed by atoms with Gasteiger partial charge in [0.2, 0.25) is 0 Å². The van der Waals surface area contributed by atoms with Gasteiger partial charge < -0.3 is 11.1 Å². The monoisotopic (exact) mass is 241 g/mol. The Hall–Kier alpha value is -0.940. The molecule has 0 radical (unpaired) electrons. The van der Waals surface area contributed by atoms with Gasteiger partial charge in [-0.2, -0.15) is 0 Å². The molecule has 0 saturated carbocycles. The number of amides is 1. The Kier molecular flexibility index (Phi) is 5.42. The fraction of sp³-hybridized carbons (Fsp3) is 0.636. The van der Waals surface area contributed by atoms with Crippen molar-refractivity contribution < 1.29 is 4.79 Å². The maximum atomic E-state index is 11.6. The van der Waals surface area contributed by atoms with Gasteiger partial charge in [0.15, 0.2) is 0 Å². The first-order valence-corrected chi connectivity index (χ1v) is 6.44. The molecule has 90 valence electrons. The van der Waals surface area contributed by atoms with Crippen LogP contribution in [0.3, 0.4) is 0 Å². The summed E-state index contributed by atoms with van der Waals surface area (Å²) in [5.74, 6) is 0.471. The van der Waals surface area contributed by atoms with Crippen LogP contribution < -0.4 is 11.1 Å². The molecule has 0 spiro atoms. The molecule has 0 unspecified atom stereocenters. The van der Waals surface area contributed by atoms with E-state index in [0.29, 0.717) is 24.7 Å². The first kappa shape index (κ1) is 13.1. The molecular formula is C11H19N3OS. The predicted octanol–water partition coefficient (Wildman–Crippen LogP) is 1.42. The molecule has 0 aliphatic rings. The molecule has 3 N–H and O–H groups in total. The van der Waals surface area contributed by atoms with Crippen LogP contribution in [0.5, 0.6) is 0 Å². The molecule has 1 aromatic heterocycles.